The smallest absolute Gasteiger partial charge is 0.319 e. The molecule has 5 heteroatoms. The number of benzene rings is 1. The molecule has 1 fully saturated rings. The topological polar surface area (TPSA) is 54.0 Å². The maximum absolute atomic E-state index is 11.9. The number of pyridine rings is 1. The Kier molecular flexibility index (Phi) is 5.53. The van der Waals surface area contributed by atoms with Gasteiger partial charge >= 0.3 is 6.03 Å². The van der Waals surface area contributed by atoms with Crippen LogP contribution >= 0.6 is 11.8 Å². The maximum Gasteiger partial charge on any atom is 0.319 e. The largest absolute Gasteiger partial charge is 0.332 e. The van der Waals surface area contributed by atoms with E-state index in [0.29, 0.717) is 6.54 Å². The van der Waals surface area contributed by atoms with E-state index in [1.54, 1.807) is 6.20 Å². The number of thioether (sulfide) groups is 1. The standard InChI is InChI=1S/C18H21N3OS/c22-18(20-13-15-5-3-4-12-19-15)21-14-8-10-17(11-9-14)23-16-6-1-2-7-16/h3-5,8-12,16H,1-2,6-7,13H2,(H2,20,21,22). The van der Waals surface area contributed by atoms with Gasteiger partial charge in [0, 0.05) is 22.0 Å². The van der Waals surface area contributed by atoms with E-state index < -0.39 is 0 Å². The molecule has 1 aromatic heterocycles. The number of urea groups is 1. The number of hydrogen-bond donors (Lipinski definition) is 2. The van der Waals surface area contributed by atoms with Crippen molar-refractivity contribution in [2.24, 2.45) is 0 Å². The zero-order chi connectivity index (χ0) is 15.9. The van der Waals surface area contributed by atoms with Crippen LogP contribution < -0.4 is 10.6 Å². The van der Waals surface area contributed by atoms with Crippen LogP contribution in [0, 0.1) is 0 Å². The van der Waals surface area contributed by atoms with Crippen molar-refractivity contribution in [1.29, 1.82) is 0 Å². The molecule has 0 spiro atoms. The van der Waals surface area contributed by atoms with Gasteiger partial charge in [0.2, 0.25) is 0 Å². The lowest BCUT2D eigenvalue weighted by molar-refractivity contribution is 0.251. The molecule has 2 amide bonds. The fourth-order valence-electron chi connectivity index (χ4n) is 2.66. The molecule has 120 valence electrons. The highest BCUT2D eigenvalue weighted by Gasteiger charge is 2.15. The van der Waals surface area contributed by atoms with Gasteiger partial charge in [0.1, 0.15) is 0 Å². The SMILES string of the molecule is O=C(NCc1ccccn1)Nc1ccc(SC2CCCC2)cc1. The Morgan fingerprint density at radius 3 is 2.61 bits per heavy atom. The van der Waals surface area contributed by atoms with Gasteiger partial charge in [-0.3, -0.25) is 4.98 Å². The summed E-state index contributed by atoms with van der Waals surface area (Å²) in [4.78, 5) is 17.3. The number of amides is 2. The van der Waals surface area contributed by atoms with Gasteiger partial charge in [0.25, 0.3) is 0 Å². The first-order valence-electron chi connectivity index (χ1n) is 8.01. The minimum atomic E-state index is -0.216. The second-order valence-corrected chi connectivity index (χ2v) is 7.05. The van der Waals surface area contributed by atoms with Crippen molar-refractivity contribution in [2.75, 3.05) is 5.32 Å². The highest BCUT2D eigenvalue weighted by molar-refractivity contribution is 8.00. The summed E-state index contributed by atoms with van der Waals surface area (Å²) in [5.74, 6) is 0. The van der Waals surface area contributed by atoms with Crippen molar-refractivity contribution < 1.29 is 4.79 Å². The van der Waals surface area contributed by atoms with E-state index in [4.69, 9.17) is 0 Å². The monoisotopic (exact) mass is 327 g/mol. The molecular weight excluding hydrogens is 306 g/mol. The Labute approximate surface area is 141 Å². The van der Waals surface area contributed by atoms with E-state index in [2.05, 4.69) is 27.8 Å². The Hall–Kier alpha value is -2.01. The predicted molar refractivity (Wildman–Crippen MR) is 94.7 cm³/mol. The summed E-state index contributed by atoms with van der Waals surface area (Å²) in [6.07, 6.45) is 7.07. The van der Waals surface area contributed by atoms with Crippen LogP contribution in [-0.2, 0) is 6.54 Å². The van der Waals surface area contributed by atoms with E-state index in [9.17, 15) is 4.79 Å². The molecule has 1 heterocycles. The number of nitrogens with one attached hydrogen (secondary N) is 2. The third kappa shape index (κ3) is 4.99. The van der Waals surface area contributed by atoms with E-state index >= 15 is 0 Å². The third-order valence-electron chi connectivity index (χ3n) is 3.87. The summed E-state index contributed by atoms with van der Waals surface area (Å²) >= 11 is 1.95. The van der Waals surface area contributed by atoms with E-state index in [-0.39, 0.29) is 6.03 Å². The molecule has 0 bridgehead atoms. The van der Waals surface area contributed by atoms with Crippen molar-refractivity contribution >= 4 is 23.5 Å². The zero-order valence-electron chi connectivity index (χ0n) is 13.0. The molecule has 0 unspecified atom stereocenters. The zero-order valence-corrected chi connectivity index (χ0v) is 13.8. The molecule has 1 aliphatic carbocycles. The second-order valence-electron chi connectivity index (χ2n) is 5.68. The predicted octanol–water partition coefficient (Wildman–Crippen LogP) is 4.44. The van der Waals surface area contributed by atoms with Gasteiger partial charge in [-0.2, -0.15) is 0 Å². The Morgan fingerprint density at radius 1 is 1.13 bits per heavy atom. The molecule has 1 aliphatic rings. The summed E-state index contributed by atoms with van der Waals surface area (Å²) in [6, 6.07) is 13.5. The van der Waals surface area contributed by atoms with Crippen LogP contribution in [-0.4, -0.2) is 16.3 Å². The average molecular weight is 327 g/mol. The summed E-state index contributed by atoms with van der Waals surface area (Å²) < 4.78 is 0. The lowest BCUT2D eigenvalue weighted by Gasteiger charge is -2.10. The quantitative estimate of drug-likeness (QED) is 0.853. The van der Waals surface area contributed by atoms with Crippen molar-refractivity contribution in [2.45, 2.75) is 42.4 Å². The molecule has 0 atom stereocenters. The first-order valence-corrected chi connectivity index (χ1v) is 8.89. The van der Waals surface area contributed by atoms with Crippen LogP contribution in [0.3, 0.4) is 0 Å². The van der Waals surface area contributed by atoms with E-state index in [1.807, 2.05) is 42.1 Å². The van der Waals surface area contributed by atoms with Crippen molar-refractivity contribution in [1.82, 2.24) is 10.3 Å². The van der Waals surface area contributed by atoms with Gasteiger partial charge < -0.3 is 10.6 Å². The van der Waals surface area contributed by atoms with Crippen LogP contribution in [0.5, 0.6) is 0 Å². The van der Waals surface area contributed by atoms with E-state index in [1.165, 1.54) is 30.6 Å². The molecule has 1 saturated carbocycles. The highest BCUT2D eigenvalue weighted by atomic mass is 32.2. The van der Waals surface area contributed by atoms with Gasteiger partial charge in [0.15, 0.2) is 0 Å². The maximum atomic E-state index is 11.9. The normalized spacial score (nSPS) is 14.6. The van der Waals surface area contributed by atoms with Gasteiger partial charge in [-0.05, 0) is 49.2 Å². The number of aromatic nitrogens is 1. The molecule has 23 heavy (non-hydrogen) atoms. The van der Waals surface area contributed by atoms with Gasteiger partial charge in [0.05, 0.1) is 12.2 Å². The first-order chi connectivity index (χ1) is 11.3. The van der Waals surface area contributed by atoms with Crippen LogP contribution in [0.15, 0.2) is 53.6 Å². The lowest BCUT2D eigenvalue weighted by atomic mass is 10.3. The average Bonchev–Trinajstić information content (AvgIpc) is 3.09. The fraction of sp³-hybridized carbons (Fsp3) is 0.333. The second kappa shape index (κ2) is 8.02. The van der Waals surface area contributed by atoms with E-state index in [0.717, 1.165) is 16.6 Å². The number of rotatable bonds is 5. The number of carbonyl (C=O) groups is 1. The van der Waals surface area contributed by atoms with Gasteiger partial charge in [-0.1, -0.05) is 18.9 Å². The Morgan fingerprint density at radius 2 is 1.91 bits per heavy atom. The Balaban J connectivity index is 1.46. The number of carbonyl (C=O) groups excluding carboxylic acids is 1. The minimum Gasteiger partial charge on any atom is -0.332 e. The minimum absolute atomic E-state index is 0.216. The third-order valence-corrected chi connectivity index (χ3v) is 5.22. The van der Waals surface area contributed by atoms with Gasteiger partial charge in [-0.25, -0.2) is 4.79 Å². The molecule has 0 aliphatic heterocycles. The summed E-state index contributed by atoms with van der Waals surface area (Å²) in [6.45, 7) is 0.419. The number of anilines is 1. The van der Waals surface area contributed by atoms with Crippen LogP contribution in [0.1, 0.15) is 31.4 Å². The fourth-order valence-corrected chi connectivity index (χ4v) is 3.91. The van der Waals surface area contributed by atoms with Gasteiger partial charge in [-0.15, -0.1) is 11.8 Å². The molecular formula is C18H21N3OS. The number of nitrogens with zero attached hydrogens (tertiary/aromatic N) is 1. The van der Waals surface area contributed by atoms with Crippen LogP contribution in [0.25, 0.3) is 0 Å². The molecule has 0 radical (unpaired) electrons. The van der Waals surface area contributed by atoms with Crippen LogP contribution in [0.4, 0.5) is 10.5 Å². The van der Waals surface area contributed by atoms with Crippen molar-refractivity contribution in [3.8, 4) is 0 Å². The van der Waals surface area contributed by atoms with Crippen molar-refractivity contribution in [3.05, 3.63) is 54.4 Å². The summed E-state index contributed by atoms with van der Waals surface area (Å²) in [5, 5.41) is 6.41. The molecule has 2 N–H and O–H groups in total. The first kappa shape index (κ1) is 15.9. The number of hydrogen-bond acceptors (Lipinski definition) is 3. The molecule has 0 saturated heterocycles. The lowest BCUT2D eigenvalue weighted by Crippen LogP contribution is -2.28. The molecule has 2 aromatic rings. The Bertz CT molecular complexity index is 624. The van der Waals surface area contributed by atoms with Crippen molar-refractivity contribution in [3.63, 3.8) is 0 Å². The summed E-state index contributed by atoms with van der Waals surface area (Å²) in [5.41, 5.74) is 1.64. The molecule has 1 aromatic carbocycles. The molecule has 4 nitrogen and oxygen atoms in total. The highest BCUT2D eigenvalue weighted by Crippen LogP contribution is 2.34. The molecule has 3 rings (SSSR count). The summed E-state index contributed by atoms with van der Waals surface area (Å²) in [7, 11) is 0. The van der Waals surface area contributed by atoms with Crippen LogP contribution in [0.2, 0.25) is 0 Å².